The lowest BCUT2D eigenvalue weighted by atomic mass is 9.93. The molecular weight excluding hydrogens is 330 g/mol. The van der Waals surface area contributed by atoms with Crippen molar-refractivity contribution >= 4 is 16.9 Å². The van der Waals surface area contributed by atoms with E-state index >= 15 is 0 Å². The lowest BCUT2D eigenvalue weighted by molar-refractivity contribution is -0.146. The summed E-state index contributed by atoms with van der Waals surface area (Å²) in [6.07, 6.45) is 0.527. The molecular formula is C20H21N3O3. The van der Waals surface area contributed by atoms with Crippen LogP contribution in [-0.4, -0.2) is 22.7 Å². The van der Waals surface area contributed by atoms with Crippen LogP contribution in [0.5, 0.6) is 0 Å². The third kappa shape index (κ3) is 2.94. The lowest BCUT2D eigenvalue weighted by Gasteiger charge is -2.31. The Labute approximate surface area is 151 Å². The first-order valence-corrected chi connectivity index (χ1v) is 8.44. The molecule has 26 heavy (non-hydrogen) atoms. The van der Waals surface area contributed by atoms with Crippen LogP contribution in [0.3, 0.4) is 0 Å². The Balaban J connectivity index is 2.20. The van der Waals surface area contributed by atoms with Gasteiger partial charge >= 0.3 is 5.97 Å². The van der Waals surface area contributed by atoms with Gasteiger partial charge in [-0.25, -0.2) is 14.5 Å². The standard InChI is InChI=1S/C20H21N3O3/c1-4-17-21-16-13-9-8-12-15(16)18(24)23(17)22-20(2,19(25)26-3)14-10-6-5-7-11-14/h5-13,22H,4H2,1-3H3. The zero-order valence-corrected chi connectivity index (χ0v) is 15.0. The van der Waals surface area contributed by atoms with Crippen LogP contribution in [0.2, 0.25) is 0 Å². The lowest BCUT2D eigenvalue weighted by Crippen LogP contribution is -2.49. The van der Waals surface area contributed by atoms with E-state index in [0.717, 1.165) is 0 Å². The molecule has 6 nitrogen and oxygen atoms in total. The zero-order chi connectivity index (χ0) is 18.7. The first-order valence-electron chi connectivity index (χ1n) is 8.44. The van der Waals surface area contributed by atoms with E-state index in [0.29, 0.717) is 28.7 Å². The molecule has 0 saturated heterocycles. The molecule has 0 amide bonds. The number of aryl methyl sites for hydroxylation is 1. The summed E-state index contributed by atoms with van der Waals surface area (Å²) < 4.78 is 6.36. The van der Waals surface area contributed by atoms with Crippen LogP contribution in [0.1, 0.15) is 25.2 Å². The highest BCUT2D eigenvalue weighted by Crippen LogP contribution is 2.24. The largest absolute Gasteiger partial charge is 0.467 e. The summed E-state index contributed by atoms with van der Waals surface area (Å²) in [5.74, 6) is 0.0468. The number of esters is 1. The Kier molecular flexibility index (Phi) is 4.75. The quantitative estimate of drug-likeness (QED) is 0.715. The fraction of sp³-hybridized carbons (Fsp3) is 0.250. The molecule has 0 aliphatic carbocycles. The molecule has 1 heterocycles. The summed E-state index contributed by atoms with van der Waals surface area (Å²) >= 11 is 0. The maximum atomic E-state index is 13.0. The van der Waals surface area contributed by atoms with Crippen LogP contribution >= 0.6 is 0 Å². The number of carbonyl (C=O) groups excluding carboxylic acids is 1. The van der Waals surface area contributed by atoms with Crippen LogP contribution in [0.15, 0.2) is 59.4 Å². The van der Waals surface area contributed by atoms with Gasteiger partial charge in [0.1, 0.15) is 5.82 Å². The monoisotopic (exact) mass is 351 g/mol. The minimum absolute atomic E-state index is 0.251. The average molecular weight is 351 g/mol. The minimum atomic E-state index is -1.24. The van der Waals surface area contributed by atoms with Crippen molar-refractivity contribution in [3.05, 3.63) is 76.3 Å². The van der Waals surface area contributed by atoms with Gasteiger partial charge in [-0.05, 0) is 24.6 Å². The van der Waals surface area contributed by atoms with Gasteiger partial charge in [0.15, 0.2) is 5.54 Å². The van der Waals surface area contributed by atoms with Crippen molar-refractivity contribution in [3.8, 4) is 0 Å². The molecule has 0 spiro atoms. The first kappa shape index (κ1) is 17.7. The number of fused-ring (bicyclic) bond motifs is 1. The number of hydrogen-bond acceptors (Lipinski definition) is 5. The van der Waals surface area contributed by atoms with E-state index in [1.54, 1.807) is 25.1 Å². The van der Waals surface area contributed by atoms with Gasteiger partial charge in [-0.1, -0.05) is 49.4 Å². The van der Waals surface area contributed by atoms with Crippen molar-refractivity contribution in [1.82, 2.24) is 9.66 Å². The molecule has 6 heteroatoms. The molecule has 3 aromatic rings. The summed E-state index contributed by atoms with van der Waals surface area (Å²) in [7, 11) is 1.33. The van der Waals surface area contributed by atoms with E-state index < -0.39 is 11.5 Å². The maximum absolute atomic E-state index is 13.0. The Bertz CT molecular complexity index is 998. The number of methoxy groups -OCH3 is 1. The van der Waals surface area contributed by atoms with E-state index in [1.807, 2.05) is 43.3 Å². The SMILES string of the molecule is CCc1nc2ccccc2c(=O)n1NC(C)(C(=O)OC)c1ccccc1. The highest BCUT2D eigenvalue weighted by atomic mass is 16.5. The fourth-order valence-electron chi connectivity index (χ4n) is 2.96. The molecule has 134 valence electrons. The first-order chi connectivity index (χ1) is 12.5. The molecule has 0 bridgehead atoms. The predicted octanol–water partition coefficient (Wildman–Crippen LogP) is 2.59. The van der Waals surface area contributed by atoms with E-state index in [4.69, 9.17) is 4.74 Å². The second-order valence-electron chi connectivity index (χ2n) is 6.13. The van der Waals surface area contributed by atoms with E-state index in [9.17, 15) is 9.59 Å². The summed E-state index contributed by atoms with van der Waals surface area (Å²) in [4.78, 5) is 30.2. The van der Waals surface area contributed by atoms with Gasteiger partial charge in [0, 0.05) is 6.42 Å². The fourth-order valence-corrected chi connectivity index (χ4v) is 2.96. The molecule has 1 atom stereocenters. The average Bonchev–Trinajstić information content (AvgIpc) is 2.69. The molecule has 0 aliphatic rings. The summed E-state index contributed by atoms with van der Waals surface area (Å²) in [6.45, 7) is 3.60. The predicted molar refractivity (Wildman–Crippen MR) is 101 cm³/mol. The second-order valence-corrected chi connectivity index (χ2v) is 6.13. The van der Waals surface area contributed by atoms with Gasteiger partial charge in [0.25, 0.3) is 5.56 Å². The summed E-state index contributed by atoms with van der Waals surface area (Å²) in [6, 6.07) is 16.3. The molecule has 1 aromatic heterocycles. The number of rotatable bonds is 5. The Morgan fingerprint density at radius 1 is 1.15 bits per heavy atom. The molecule has 0 aliphatic heterocycles. The number of nitrogens with zero attached hydrogens (tertiary/aromatic N) is 2. The minimum Gasteiger partial charge on any atom is -0.467 e. The van der Waals surface area contributed by atoms with Gasteiger partial charge in [-0.2, -0.15) is 0 Å². The van der Waals surface area contributed by atoms with Crippen molar-refractivity contribution in [2.24, 2.45) is 0 Å². The van der Waals surface area contributed by atoms with Crippen molar-refractivity contribution in [2.45, 2.75) is 25.8 Å². The van der Waals surface area contributed by atoms with Gasteiger partial charge in [-0.3, -0.25) is 10.2 Å². The molecule has 1 N–H and O–H groups in total. The summed E-state index contributed by atoms with van der Waals surface area (Å²) in [5.41, 5.74) is 2.90. The highest BCUT2D eigenvalue weighted by molar-refractivity contribution is 5.84. The molecule has 0 saturated carbocycles. The molecule has 0 radical (unpaired) electrons. The van der Waals surface area contributed by atoms with Crippen molar-refractivity contribution < 1.29 is 9.53 Å². The number of hydrogen-bond donors (Lipinski definition) is 1. The number of benzene rings is 2. The van der Waals surface area contributed by atoms with Gasteiger partial charge in [0.05, 0.1) is 18.0 Å². The maximum Gasteiger partial charge on any atom is 0.337 e. The third-order valence-electron chi connectivity index (χ3n) is 4.44. The number of nitrogens with one attached hydrogen (secondary N) is 1. The van der Waals surface area contributed by atoms with Crippen LogP contribution in [0.4, 0.5) is 0 Å². The van der Waals surface area contributed by atoms with Crippen molar-refractivity contribution in [3.63, 3.8) is 0 Å². The highest BCUT2D eigenvalue weighted by Gasteiger charge is 2.37. The van der Waals surface area contributed by atoms with Crippen molar-refractivity contribution in [2.75, 3.05) is 12.5 Å². The van der Waals surface area contributed by atoms with E-state index in [1.165, 1.54) is 11.8 Å². The Hall–Kier alpha value is -3.15. The Morgan fingerprint density at radius 2 is 1.81 bits per heavy atom. The van der Waals surface area contributed by atoms with Crippen LogP contribution in [0.25, 0.3) is 10.9 Å². The third-order valence-corrected chi connectivity index (χ3v) is 4.44. The summed E-state index contributed by atoms with van der Waals surface area (Å²) in [5, 5.41) is 0.484. The number of ether oxygens (including phenoxy) is 1. The molecule has 2 aromatic carbocycles. The van der Waals surface area contributed by atoms with Crippen LogP contribution in [-0.2, 0) is 21.5 Å². The van der Waals surface area contributed by atoms with Crippen molar-refractivity contribution in [1.29, 1.82) is 0 Å². The van der Waals surface area contributed by atoms with Crippen LogP contribution < -0.4 is 11.0 Å². The molecule has 3 rings (SSSR count). The topological polar surface area (TPSA) is 73.2 Å². The normalized spacial score (nSPS) is 13.2. The van der Waals surface area contributed by atoms with E-state index in [-0.39, 0.29) is 5.56 Å². The van der Waals surface area contributed by atoms with E-state index in [2.05, 4.69) is 10.4 Å². The number of carbonyl (C=O) groups is 1. The number of para-hydroxylation sites is 1. The van der Waals surface area contributed by atoms with Crippen LogP contribution in [0, 0.1) is 0 Å². The van der Waals surface area contributed by atoms with Gasteiger partial charge < -0.3 is 4.74 Å². The second kappa shape index (κ2) is 7.00. The molecule has 1 unspecified atom stereocenters. The van der Waals surface area contributed by atoms with Gasteiger partial charge in [-0.15, -0.1) is 0 Å². The number of aromatic nitrogens is 2. The Morgan fingerprint density at radius 3 is 2.46 bits per heavy atom. The zero-order valence-electron chi connectivity index (χ0n) is 15.0. The molecule has 0 fully saturated rings. The smallest absolute Gasteiger partial charge is 0.337 e. The van der Waals surface area contributed by atoms with Gasteiger partial charge in [0.2, 0.25) is 0 Å².